The van der Waals surface area contributed by atoms with Crippen molar-refractivity contribution in [1.29, 1.82) is 0 Å². The lowest BCUT2D eigenvalue weighted by Gasteiger charge is -2.26. The van der Waals surface area contributed by atoms with Gasteiger partial charge < -0.3 is 10.4 Å². The number of aliphatic carboxylic acids is 1. The number of aryl methyl sites for hydroxylation is 1. The Kier molecular flexibility index (Phi) is 4.16. The molecular weight excluding hydrogens is 286 g/mol. The van der Waals surface area contributed by atoms with E-state index in [1.165, 1.54) is 11.3 Å². The first kappa shape index (κ1) is 14.3. The topological polar surface area (TPSA) is 66.4 Å². The van der Waals surface area contributed by atoms with Crippen LogP contribution in [0.3, 0.4) is 0 Å². The zero-order valence-electron chi connectivity index (χ0n) is 10.6. The number of thiophene rings is 1. The molecule has 1 saturated carbocycles. The number of rotatable bonds is 6. The highest BCUT2D eigenvalue weighted by molar-refractivity contribution is 7.16. The number of hydrogen-bond acceptors (Lipinski definition) is 3. The lowest BCUT2D eigenvalue weighted by molar-refractivity contribution is -0.147. The van der Waals surface area contributed by atoms with E-state index in [0.717, 1.165) is 17.7 Å². The number of carbonyl (C=O) groups is 2. The molecule has 1 aliphatic carbocycles. The maximum Gasteiger partial charge on any atom is 0.329 e. The third-order valence-electron chi connectivity index (χ3n) is 3.46. The Balaban J connectivity index is 1.88. The molecule has 0 aliphatic heterocycles. The van der Waals surface area contributed by atoms with Crippen molar-refractivity contribution in [3.8, 4) is 0 Å². The molecule has 4 nitrogen and oxygen atoms in total. The largest absolute Gasteiger partial charge is 0.480 e. The Morgan fingerprint density at radius 1 is 1.53 bits per heavy atom. The van der Waals surface area contributed by atoms with E-state index in [0.29, 0.717) is 10.8 Å². The number of carboxylic acid groups (broad SMARTS) is 1. The standard InChI is InChI=1S/C13H16ClNO3S/c1-13(12(17)18,8-2-3-8)15-11(16)7-5-9-4-6-10(14)19-9/h4,6,8H,2-3,5,7H2,1H3,(H,15,16)(H,17,18)/t13-/m0/s1. The van der Waals surface area contributed by atoms with Gasteiger partial charge in [-0.1, -0.05) is 11.6 Å². The second-order valence-electron chi connectivity index (χ2n) is 5.04. The fourth-order valence-electron chi connectivity index (χ4n) is 2.07. The van der Waals surface area contributed by atoms with Gasteiger partial charge in [0.25, 0.3) is 0 Å². The maximum absolute atomic E-state index is 11.9. The highest BCUT2D eigenvalue weighted by atomic mass is 35.5. The van der Waals surface area contributed by atoms with Crippen LogP contribution in [0, 0.1) is 5.92 Å². The van der Waals surface area contributed by atoms with Gasteiger partial charge in [0, 0.05) is 11.3 Å². The molecule has 0 spiro atoms. The van der Waals surface area contributed by atoms with E-state index < -0.39 is 11.5 Å². The maximum atomic E-state index is 11.9. The first-order valence-corrected chi connectivity index (χ1v) is 7.40. The van der Waals surface area contributed by atoms with Crippen LogP contribution in [0.15, 0.2) is 12.1 Å². The van der Waals surface area contributed by atoms with Crippen LogP contribution in [-0.2, 0) is 16.0 Å². The highest BCUT2D eigenvalue weighted by Crippen LogP contribution is 2.39. The van der Waals surface area contributed by atoms with Crippen LogP contribution in [0.25, 0.3) is 0 Å². The molecule has 2 N–H and O–H groups in total. The lowest BCUT2D eigenvalue weighted by atomic mass is 9.95. The van der Waals surface area contributed by atoms with Gasteiger partial charge in [0.1, 0.15) is 5.54 Å². The molecule has 104 valence electrons. The van der Waals surface area contributed by atoms with E-state index in [9.17, 15) is 14.7 Å². The first-order chi connectivity index (χ1) is 8.91. The molecule has 1 amide bonds. The fraction of sp³-hybridized carbons (Fsp3) is 0.538. The summed E-state index contributed by atoms with van der Waals surface area (Å²) < 4.78 is 0.698. The Hall–Kier alpha value is -1.07. The lowest BCUT2D eigenvalue weighted by Crippen LogP contribution is -2.54. The molecule has 1 aromatic heterocycles. The van der Waals surface area contributed by atoms with Crippen molar-refractivity contribution in [1.82, 2.24) is 5.32 Å². The van der Waals surface area contributed by atoms with E-state index in [4.69, 9.17) is 11.6 Å². The minimum absolute atomic E-state index is 0.0603. The minimum Gasteiger partial charge on any atom is -0.480 e. The fourth-order valence-corrected chi connectivity index (χ4v) is 3.15. The van der Waals surface area contributed by atoms with Crippen LogP contribution in [0.2, 0.25) is 4.34 Å². The molecule has 1 aromatic rings. The summed E-state index contributed by atoms with van der Waals surface area (Å²) in [6.07, 6.45) is 2.60. The van der Waals surface area contributed by atoms with E-state index in [2.05, 4.69) is 5.32 Å². The number of halogens is 1. The Morgan fingerprint density at radius 2 is 2.21 bits per heavy atom. The quantitative estimate of drug-likeness (QED) is 0.849. The molecule has 1 fully saturated rings. The summed E-state index contributed by atoms with van der Waals surface area (Å²) in [7, 11) is 0. The van der Waals surface area contributed by atoms with E-state index in [-0.39, 0.29) is 18.2 Å². The first-order valence-electron chi connectivity index (χ1n) is 6.20. The van der Waals surface area contributed by atoms with Gasteiger partial charge in [-0.3, -0.25) is 4.79 Å². The van der Waals surface area contributed by atoms with Crippen molar-refractivity contribution < 1.29 is 14.7 Å². The van der Waals surface area contributed by atoms with Crippen molar-refractivity contribution in [2.45, 2.75) is 38.1 Å². The highest BCUT2D eigenvalue weighted by Gasteiger charge is 2.48. The van der Waals surface area contributed by atoms with Gasteiger partial charge in [0.05, 0.1) is 4.34 Å². The molecule has 1 atom stereocenters. The molecule has 0 saturated heterocycles. The van der Waals surface area contributed by atoms with Gasteiger partial charge in [-0.25, -0.2) is 4.79 Å². The van der Waals surface area contributed by atoms with Crippen molar-refractivity contribution in [3.05, 3.63) is 21.3 Å². The summed E-state index contributed by atoms with van der Waals surface area (Å²) in [5.41, 5.74) is -1.12. The summed E-state index contributed by atoms with van der Waals surface area (Å²) >= 11 is 7.26. The van der Waals surface area contributed by atoms with Crippen molar-refractivity contribution in [3.63, 3.8) is 0 Å². The van der Waals surface area contributed by atoms with E-state index >= 15 is 0 Å². The van der Waals surface area contributed by atoms with Gasteiger partial charge >= 0.3 is 5.97 Å². The summed E-state index contributed by atoms with van der Waals surface area (Å²) in [6.45, 7) is 1.59. The van der Waals surface area contributed by atoms with Gasteiger partial charge in [-0.05, 0) is 44.2 Å². The number of carboxylic acids is 1. The monoisotopic (exact) mass is 301 g/mol. The summed E-state index contributed by atoms with van der Waals surface area (Å²) in [6, 6.07) is 3.68. The van der Waals surface area contributed by atoms with Gasteiger partial charge in [0.2, 0.25) is 5.91 Å². The number of carbonyl (C=O) groups excluding carboxylic acids is 1. The molecule has 0 aromatic carbocycles. The van der Waals surface area contributed by atoms with E-state index in [1.807, 2.05) is 6.07 Å². The third-order valence-corrected chi connectivity index (χ3v) is 4.76. The Bertz CT molecular complexity index is 498. The number of nitrogens with one attached hydrogen (secondary N) is 1. The van der Waals surface area contributed by atoms with Crippen molar-refractivity contribution >= 4 is 34.8 Å². The second-order valence-corrected chi connectivity index (χ2v) is 6.84. The van der Waals surface area contributed by atoms with Crippen LogP contribution in [-0.4, -0.2) is 22.5 Å². The van der Waals surface area contributed by atoms with Crippen LogP contribution in [0.5, 0.6) is 0 Å². The normalized spacial score (nSPS) is 17.8. The summed E-state index contributed by atoms with van der Waals surface area (Å²) in [4.78, 5) is 24.2. The summed E-state index contributed by atoms with van der Waals surface area (Å²) in [5.74, 6) is -1.12. The van der Waals surface area contributed by atoms with Crippen LogP contribution < -0.4 is 5.32 Å². The molecule has 2 rings (SSSR count). The molecule has 0 bridgehead atoms. The Morgan fingerprint density at radius 3 is 2.68 bits per heavy atom. The van der Waals surface area contributed by atoms with Crippen LogP contribution in [0.4, 0.5) is 0 Å². The van der Waals surface area contributed by atoms with Crippen LogP contribution >= 0.6 is 22.9 Å². The summed E-state index contributed by atoms with van der Waals surface area (Å²) in [5, 5.41) is 11.9. The second kappa shape index (κ2) is 5.51. The zero-order valence-corrected chi connectivity index (χ0v) is 12.2. The van der Waals surface area contributed by atoms with Gasteiger partial charge in [-0.15, -0.1) is 11.3 Å². The molecule has 19 heavy (non-hydrogen) atoms. The van der Waals surface area contributed by atoms with Crippen molar-refractivity contribution in [2.24, 2.45) is 5.92 Å². The smallest absolute Gasteiger partial charge is 0.329 e. The molecule has 1 heterocycles. The van der Waals surface area contributed by atoms with E-state index in [1.54, 1.807) is 13.0 Å². The molecule has 6 heteroatoms. The average molecular weight is 302 g/mol. The van der Waals surface area contributed by atoms with Crippen molar-refractivity contribution in [2.75, 3.05) is 0 Å². The SMILES string of the molecule is C[C@@](NC(=O)CCc1ccc(Cl)s1)(C(=O)O)C1CC1. The zero-order chi connectivity index (χ0) is 14.0. The molecule has 1 aliphatic rings. The predicted molar refractivity (Wildman–Crippen MR) is 74.6 cm³/mol. The number of amides is 1. The molecule has 0 radical (unpaired) electrons. The average Bonchev–Trinajstić information content (AvgIpc) is 3.11. The third kappa shape index (κ3) is 3.48. The molecular formula is C13H16ClNO3S. The molecule has 0 unspecified atom stereocenters. The number of hydrogen-bond donors (Lipinski definition) is 2. The van der Waals surface area contributed by atoms with Crippen LogP contribution in [0.1, 0.15) is 31.1 Å². The predicted octanol–water partition coefficient (Wildman–Crippen LogP) is 2.70. The van der Waals surface area contributed by atoms with Gasteiger partial charge in [-0.2, -0.15) is 0 Å². The minimum atomic E-state index is -1.12. The van der Waals surface area contributed by atoms with Gasteiger partial charge in [0.15, 0.2) is 0 Å². The Labute approximate surface area is 120 Å².